The van der Waals surface area contributed by atoms with Crippen LogP contribution in [0.4, 0.5) is 0 Å². The minimum Gasteiger partial charge on any atom is -0.493 e. The summed E-state index contributed by atoms with van der Waals surface area (Å²) in [5.41, 5.74) is 2.00. The highest BCUT2D eigenvalue weighted by Crippen LogP contribution is 2.32. The second-order valence-electron chi connectivity index (χ2n) is 8.30. The van der Waals surface area contributed by atoms with Crippen molar-refractivity contribution in [2.75, 3.05) is 33.5 Å². The third-order valence-corrected chi connectivity index (χ3v) is 6.40. The predicted molar refractivity (Wildman–Crippen MR) is 146 cm³/mol. The van der Waals surface area contributed by atoms with Crippen LogP contribution in [0.5, 0.6) is 17.2 Å². The third-order valence-electron chi connectivity index (χ3n) is 5.43. The number of carbonyl (C=O) groups excluding carboxylic acids is 1. The van der Waals surface area contributed by atoms with Gasteiger partial charge in [0.1, 0.15) is 24.0 Å². The van der Waals surface area contributed by atoms with Crippen molar-refractivity contribution in [2.45, 2.75) is 26.7 Å². The molecule has 0 saturated heterocycles. The number of hydrogen-bond acceptors (Lipinski definition) is 8. The van der Waals surface area contributed by atoms with E-state index >= 15 is 0 Å². The quantitative estimate of drug-likeness (QED) is 0.312. The van der Waals surface area contributed by atoms with Gasteiger partial charge in [0.25, 0.3) is 5.91 Å². The number of amides is 1. The number of rotatable bonds is 12. The molecule has 2 aliphatic rings. The topological polar surface area (TPSA) is 106 Å². The number of hydrogen-bond donors (Lipinski definition) is 1. The van der Waals surface area contributed by atoms with Gasteiger partial charge in [0, 0.05) is 0 Å². The molecule has 0 radical (unpaired) electrons. The summed E-state index contributed by atoms with van der Waals surface area (Å²) in [6.45, 7) is 5.72. The fraction of sp³-hybridized carbons (Fsp3) is 0.333. The van der Waals surface area contributed by atoms with Crippen LogP contribution in [-0.2, 0) is 9.53 Å². The molecule has 37 heavy (non-hydrogen) atoms. The summed E-state index contributed by atoms with van der Waals surface area (Å²) >= 11 is 1.34. The fourth-order valence-electron chi connectivity index (χ4n) is 3.64. The molecule has 0 aliphatic carbocycles. The van der Waals surface area contributed by atoms with E-state index in [9.17, 15) is 4.79 Å². The molecule has 2 aromatic carbocycles. The minimum absolute atomic E-state index is 0.0106. The highest BCUT2D eigenvalue weighted by atomic mass is 32.2. The first kappa shape index (κ1) is 26.4. The van der Waals surface area contributed by atoms with E-state index in [2.05, 4.69) is 17.0 Å². The van der Waals surface area contributed by atoms with Crippen molar-refractivity contribution in [3.8, 4) is 17.2 Å². The van der Waals surface area contributed by atoms with Crippen molar-refractivity contribution in [1.29, 1.82) is 5.41 Å². The summed E-state index contributed by atoms with van der Waals surface area (Å²) in [7, 11) is 1.55. The number of ether oxygens (including phenoxy) is 4. The maximum absolute atomic E-state index is 12.6. The van der Waals surface area contributed by atoms with Crippen LogP contribution in [0, 0.1) is 12.3 Å². The average Bonchev–Trinajstić information content (AvgIpc) is 3.29. The van der Waals surface area contributed by atoms with Gasteiger partial charge in [0.05, 0.1) is 25.9 Å². The highest BCUT2D eigenvalue weighted by Gasteiger charge is 2.35. The molecular formula is C27H30N4O5S. The van der Waals surface area contributed by atoms with Crippen LogP contribution in [0.3, 0.4) is 0 Å². The van der Waals surface area contributed by atoms with Crippen LogP contribution in [0.15, 0.2) is 58.1 Å². The standard InChI is InChI=1S/C27H30N4O5S/c1-4-6-24-30-31-25(28)21(26(32)29-27(31)37-24)16-19-9-10-22(23(17-19)33-3)36-14-12-34-11-13-35-20-8-5-7-18(2)15-20/h5,7-10,15-17,28H,4,6,11-14H2,1-3H3. The monoisotopic (exact) mass is 522 g/mol. The van der Waals surface area contributed by atoms with Gasteiger partial charge < -0.3 is 18.9 Å². The zero-order chi connectivity index (χ0) is 26.2. The Morgan fingerprint density at radius 3 is 2.62 bits per heavy atom. The van der Waals surface area contributed by atoms with Crippen molar-refractivity contribution >= 4 is 39.8 Å². The highest BCUT2D eigenvalue weighted by molar-refractivity contribution is 8.26. The number of nitrogens with one attached hydrogen (secondary N) is 1. The summed E-state index contributed by atoms with van der Waals surface area (Å²) in [5, 5.41) is 15.6. The van der Waals surface area contributed by atoms with Crippen molar-refractivity contribution < 1.29 is 23.7 Å². The zero-order valence-corrected chi connectivity index (χ0v) is 22.0. The Balaban J connectivity index is 1.30. The maximum Gasteiger partial charge on any atom is 0.283 e. The molecule has 0 fully saturated rings. The van der Waals surface area contributed by atoms with E-state index in [1.165, 1.54) is 16.8 Å². The predicted octanol–water partition coefficient (Wildman–Crippen LogP) is 4.90. The molecule has 2 aromatic rings. The number of methoxy groups -OCH3 is 1. The molecular weight excluding hydrogens is 492 g/mol. The largest absolute Gasteiger partial charge is 0.493 e. The second-order valence-corrected chi connectivity index (χ2v) is 9.34. The van der Waals surface area contributed by atoms with Gasteiger partial charge in [0.2, 0.25) is 5.17 Å². The molecule has 1 amide bonds. The molecule has 0 aromatic heterocycles. The summed E-state index contributed by atoms with van der Waals surface area (Å²) in [4.78, 5) is 16.7. The van der Waals surface area contributed by atoms with Gasteiger partial charge in [-0.3, -0.25) is 10.2 Å². The molecule has 0 unspecified atom stereocenters. The van der Waals surface area contributed by atoms with E-state index in [0.29, 0.717) is 48.7 Å². The van der Waals surface area contributed by atoms with E-state index in [1.54, 1.807) is 31.4 Å². The van der Waals surface area contributed by atoms with E-state index < -0.39 is 5.91 Å². The van der Waals surface area contributed by atoms with Crippen LogP contribution in [0.2, 0.25) is 0 Å². The number of thioether (sulfide) groups is 1. The van der Waals surface area contributed by atoms with Gasteiger partial charge in [-0.05, 0) is 73.0 Å². The smallest absolute Gasteiger partial charge is 0.283 e. The summed E-state index contributed by atoms with van der Waals surface area (Å²) in [6, 6.07) is 13.2. The molecule has 10 heteroatoms. The van der Waals surface area contributed by atoms with Gasteiger partial charge >= 0.3 is 0 Å². The normalized spacial score (nSPS) is 16.0. The lowest BCUT2D eigenvalue weighted by Gasteiger charge is -2.20. The summed E-state index contributed by atoms with van der Waals surface area (Å²) < 4.78 is 22.6. The Bertz CT molecular complexity index is 1260. The average molecular weight is 523 g/mol. The van der Waals surface area contributed by atoms with Crippen molar-refractivity contribution in [3.63, 3.8) is 0 Å². The lowest BCUT2D eigenvalue weighted by Crippen LogP contribution is -2.35. The van der Waals surface area contributed by atoms with Crippen molar-refractivity contribution in [1.82, 2.24) is 5.01 Å². The summed E-state index contributed by atoms with van der Waals surface area (Å²) in [6.07, 6.45) is 3.33. The van der Waals surface area contributed by atoms with Crippen LogP contribution in [0.1, 0.15) is 30.9 Å². The Labute approximate surface area is 220 Å². The molecule has 0 saturated carbocycles. The first-order valence-electron chi connectivity index (χ1n) is 12.1. The first-order valence-corrected chi connectivity index (χ1v) is 12.9. The zero-order valence-electron chi connectivity index (χ0n) is 21.2. The van der Waals surface area contributed by atoms with Gasteiger partial charge in [-0.1, -0.05) is 25.1 Å². The Kier molecular flexibility index (Phi) is 8.97. The Morgan fingerprint density at radius 2 is 1.86 bits per heavy atom. The molecule has 194 valence electrons. The Morgan fingerprint density at radius 1 is 1.05 bits per heavy atom. The number of carbonyl (C=O) groups is 1. The molecule has 0 atom stereocenters. The van der Waals surface area contributed by atoms with Gasteiger partial charge in [-0.2, -0.15) is 15.1 Å². The van der Waals surface area contributed by atoms with Gasteiger partial charge in [-0.15, -0.1) is 0 Å². The van der Waals surface area contributed by atoms with Crippen molar-refractivity contribution in [2.24, 2.45) is 10.1 Å². The SMILES string of the molecule is CCCC1=NN2C(=N)C(=Cc3ccc(OCCOCCOc4cccc(C)c4)c(OC)c3)C(=O)N=C2S1. The Hall–Kier alpha value is -3.63. The van der Waals surface area contributed by atoms with Gasteiger partial charge in [0.15, 0.2) is 17.3 Å². The van der Waals surface area contributed by atoms with Crippen LogP contribution in [-0.4, -0.2) is 60.5 Å². The van der Waals surface area contributed by atoms with Gasteiger partial charge in [-0.25, -0.2) is 0 Å². The van der Waals surface area contributed by atoms with E-state index in [-0.39, 0.29) is 11.4 Å². The number of benzene rings is 2. The number of fused-ring (bicyclic) bond motifs is 1. The maximum atomic E-state index is 12.6. The molecule has 0 bridgehead atoms. The number of aliphatic imine (C=N–C) groups is 1. The number of nitrogens with zero attached hydrogens (tertiary/aromatic N) is 3. The molecule has 0 spiro atoms. The number of aryl methyl sites for hydroxylation is 1. The molecule has 9 nitrogen and oxygen atoms in total. The lowest BCUT2D eigenvalue weighted by molar-refractivity contribution is -0.114. The minimum atomic E-state index is -0.459. The molecule has 1 N–H and O–H groups in total. The number of hydrazone groups is 1. The first-order chi connectivity index (χ1) is 18.0. The summed E-state index contributed by atoms with van der Waals surface area (Å²) in [5.74, 6) is 1.44. The van der Waals surface area contributed by atoms with Crippen molar-refractivity contribution in [3.05, 3.63) is 59.2 Å². The van der Waals surface area contributed by atoms with Crippen LogP contribution in [0.25, 0.3) is 6.08 Å². The molecule has 2 heterocycles. The van der Waals surface area contributed by atoms with Crippen LogP contribution < -0.4 is 14.2 Å². The fourth-order valence-corrected chi connectivity index (χ4v) is 4.63. The second kappa shape index (κ2) is 12.6. The van der Waals surface area contributed by atoms with E-state index in [4.69, 9.17) is 24.4 Å². The molecule has 4 rings (SSSR count). The lowest BCUT2D eigenvalue weighted by atomic mass is 10.1. The molecule has 2 aliphatic heterocycles. The van der Waals surface area contributed by atoms with Crippen LogP contribution >= 0.6 is 11.8 Å². The van der Waals surface area contributed by atoms with E-state index in [1.807, 2.05) is 31.2 Å². The number of amidine groups is 2. The van der Waals surface area contributed by atoms with E-state index in [0.717, 1.165) is 29.2 Å². The third kappa shape index (κ3) is 6.78.